The van der Waals surface area contributed by atoms with Crippen molar-refractivity contribution in [3.8, 4) is 0 Å². The highest BCUT2D eigenvalue weighted by atomic mass is 19.4. The van der Waals surface area contributed by atoms with Crippen LogP contribution in [0.4, 0.5) is 13.2 Å². The molecule has 2 heterocycles. The number of nitrogens with one attached hydrogen (secondary N) is 1. The first-order valence-electron chi connectivity index (χ1n) is 12.5. The molecule has 1 aromatic carbocycles. The summed E-state index contributed by atoms with van der Waals surface area (Å²) in [7, 11) is 0. The molecule has 0 bridgehead atoms. The maximum absolute atomic E-state index is 13.9. The number of ether oxygens (including phenoxy) is 1. The van der Waals surface area contributed by atoms with E-state index in [0.717, 1.165) is 56.9 Å². The summed E-state index contributed by atoms with van der Waals surface area (Å²) in [5, 5.41) is 3.77. The van der Waals surface area contributed by atoms with Gasteiger partial charge in [0.1, 0.15) is 0 Å². The van der Waals surface area contributed by atoms with Gasteiger partial charge in [-0.15, -0.1) is 6.58 Å². The fourth-order valence-corrected chi connectivity index (χ4v) is 5.99. The van der Waals surface area contributed by atoms with Gasteiger partial charge in [-0.05, 0) is 73.1 Å². The zero-order valence-corrected chi connectivity index (χ0v) is 20.3. The number of fused-ring (bicyclic) bond motifs is 1. The number of carbonyl (C=O) groups is 1. The molecular weight excluding hydrogens is 441 g/mol. The number of halogens is 3. The minimum absolute atomic E-state index is 0.0708. The van der Waals surface area contributed by atoms with Crippen LogP contribution < -0.4 is 5.32 Å². The van der Waals surface area contributed by atoms with E-state index in [1.54, 1.807) is 11.0 Å². The topological polar surface area (TPSA) is 41.6 Å². The van der Waals surface area contributed by atoms with E-state index in [1.807, 2.05) is 6.08 Å². The number of rotatable bonds is 5. The molecule has 0 spiro atoms. The Morgan fingerprint density at radius 1 is 1.12 bits per heavy atom. The Kier molecular flexibility index (Phi) is 7.44. The Bertz CT molecular complexity index is 892. The van der Waals surface area contributed by atoms with Crippen LogP contribution in [0.1, 0.15) is 62.6 Å². The Morgan fingerprint density at radius 3 is 2.53 bits per heavy atom. The molecule has 1 saturated heterocycles. The molecular formula is C27H37F3N2O2. The van der Waals surface area contributed by atoms with Crippen molar-refractivity contribution in [1.29, 1.82) is 0 Å². The number of hydrogen-bond acceptors (Lipinski definition) is 3. The second-order valence-electron chi connectivity index (χ2n) is 10.8. The summed E-state index contributed by atoms with van der Waals surface area (Å²) in [6.07, 6.45) is 2.83. The predicted octanol–water partition coefficient (Wildman–Crippen LogP) is 5.36. The van der Waals surface area contributed by atoms with Crippen LogP contribution in [0, 0.1) is 17.3 Å². The lowest BCUT2D eigenvalue weighted by atomic mass is 9.64. The number of hydrogen-bond donors (Lipinski definition) is 1. The van der Waals surface area contributed by atoms with Crippen LogP contribution in [-0.2, 0) is 28.7 Å². The monoisotopic (exact) mass is 478 g/mol. The van der Waals surface area contributed by atoms with E-state index in [0.29, 0.717) is 24.6 Å². The molecule has 0 unspecified atom stereocenters. The van der Waals surface area contributed by atoms with E-state index in [4.69, 9.17) is 4.74 Å². The molecule has 1 aromatic rings. The first-order chi connectivity index (χ1) is 16.1. The molecule has 1 saturated carbocycles. The van der Waals surface area contributed by atoms with Crippen LogP contribution in [0.2, 0.25) is 0 Å². The highest BCUT2D eigenvalue weighted by molar-refractivity contribution is 5.80. The molecule has 188 valence electrons. The van der Waals surface area contributed by atoms with E-state index in [-0.39, 0.29) is 35.7 Å². The standard InChI is InChI=1S/C27H37F3N2O2/c1-4-26(2,3)24-8-7-22(31-21-10-13-34-14-11-21)16-23(24)25(33)32-12-9-18-5-6-20(27(28,29)30)15-19(18)17-32/h4-6,15,21-24,31H,1,7-14,16-17H2,2-3H3/t22-,23-,24-/m1/s1. The minimum Gasteiger partial charge on any atom is -0.381 e. The summed E-state index contributed by atoms with van der Waals surface area (Å²) in [6, 6.07) is 4.62. The molecule has 1 amide bonds. The quantitative estimate of drug-likeness (QED) is 0.580. The summed E-state index contributed by atoms with van der Waals surface area (Å²) in [6.45, 7) is 10.6. The SMILES string of the molecule is C=CC(C)(C)[C@@H]1CC[C@@H](NC2CCOCC2)C[C@H]1C(=O)N1CCc2ccc(C(F)(F)F)cc2C1. The number of alkyl halides is 3. The predicted molar refractivity (Wildman–Crippen MR) is 126 cm³/mol. The summed E-state index contributed by atoms with van der Waals surface area (Å²) >= 11 is 0. The molecule has 7 heteroatoms. The number of carbonyl (C=O) groups excluding carboxylic acids is 1. The van der Waals surface area contributed by atoms with Crippen molar-refractivity contribution in [2.75, 3.05) is 19.8 Å². The van der Waals surface area contributed by atoms with Crippen molar-refractivity contribution in [2.45, 2.75) is 77.2 Å². The normalized spacial score (nSPS) is 26.7. The first kappa shape index (κ1) is 25.2. The third kappa shape index (κ3) is 5.51. The van der Waals surface area contributed by atoms with Crippen LogP contribution in [0.3, 0.4) is 0 Å². The molecule has 3 aliphatic rings. The van der Waals surface area contributed by atoms with E-state index in [2.05, 4.69) is 25.7 Å². The van der Waals surface area contributed by atoms with Crippen molar-refractivity contribution in [3.05, 3.63) is 47.5 Å². The number of amides is 1. The van der Waals surface area contributed by atoms with Crippen LogP contribution >= 0.6 is 0 Å². The van der Waals surface area contributed by atoms with Crippen molar-refractivity contribution >= 4 is 5.91 Å². The number of nitrogens with zero attached hydrogens (tertiary/aromatic N) is 1. The molecule has 1 aliphatic carbocycles. The van der Waals surface area contributed by atoms with Gasteiger partial charge in [-0.1, -0.05) is 26.0 Å². The van der Waals surface area contributed by atoms with Crippen LogP contribution in [0.5, 0.6) is 0 Å². The Balaban J connectivity index is 1.52. The highest BCUT2D eigenvalue weighted by Crippen LogP contribution is 2.44. The van der Waals surface area contributed by atoms with Crippen molar-refractivity contribution < 1.29 is 22.7 Å². The van der Waals surface area contributed by atoms with E-state index < -0.39 is 11.7 Å². The molecule has 3 atom stereocenters. The fraction of sp³-hybridized carbons (Fsp3) is 0.667. The number of benzene rings is 1. The van der Waals surface area contributed by atoms with Crippen molar-refractivity contribution in [2.24, 2.45) is 17.3 Å². The Morgan fingerprint density at radius 2 is 1.85 bits per heavy atom. The third-order valence-electron chi connectivity index (χ3n) is 8.20. The van der Waals surface area contributed by atoms with Crippen LogP contribution in [-0.4, -0.2) is 42.6 Å². The van der Waals surface area contributed by atoms with Crippen LogP contribution in [0.15, 0.2) is 30.9 Å². The molecule has 4 nitrogen and oxygen atoms in total. The van der Waals surface area contributed by atoms with Gasteiger partial charge in [0.05, 0.1) is 5.56 Å². The molecule has 1 N–H and O–H groups in total. The third-order valence-corrected chi connectivity index (χ3v) is 8.20. The van der Waals surface area contributed by atoms with Gasteiger partial charge in [0.2, 0.25) is 5.91 Å². The summed E-state index contributed by atoms with van der Waals surface area (Å²) < 4.78 is 45.2. The summed E-state index contributed by atoms with van der Waals surface area (Å²) in [5.74, 6) is 0.0565. The lowest BCUT2D eigenvalue weighted by Crippen LogP contribution is -2.51. The molecule has 34 heavy (non-hydrogen) atoms. The zero-order chi connectivity index (χ0) is 24.5. The molecule has 0 radical (unpaired) electrons. The molecule has 0 aromatic heterocycles. The van der Waals surface area contributed by atoms with Gasteiger partial charge in [-0.25, -0.2) is 0 Å². The summed E-state index contributed by atoms with van der Waals surface area (Å²) in [4.78, 5) is 15.7. The smallest absolute Gasteiger partial charge is 0.381 e. The van der Waals surface area contributed by atoms with Gasteiger partial charge in [-0.2, -0.15) is 13.2 Å². The zero-order valence-electron chi connectivity index (χ0n) is 20.3. The fourth-order valence-electron chi connectivity index (χ4n) is 5.99. The second-order valence-corrected chi connectivity index (χ2v) is 10.8. The van der Waals surface area contributed by atoms with Crippen LogP contribution in [0.25, 0.3) is 0 Å². The highest BCUT2D eigenvalue weighted by Gasteiger charge is 2.44. The first-order valence-corrected chi connectivity index (χ1v) is 12.5. The molecule has 4 rings (SSSR count). The molecule has 2 fully saturated rings. The second kappa shape index (κ2) is 10.0. The maximum Gasteiger partial charge on any atom is 0.416 e. The van der Waals surface area contributed by atoms with Gasteiger partial charge in [0.25, 0.3) is 0 Å². The lowest BCUT2D eigenvalue weighted by Gasteiger charge is -2.45. The average Bonchev–Trinajstić information content (AvgIpc) is 2.82. The maximum atomic E-state index is 13.9. The van der Waals surface area contributed by atoms with Crippen molar-refractivity contribution in [3.63, 3.8) is 0 Å². The minimum atomic E-state index is -4.38. The Labute approximate surface area is 200 Å². The van der Waals surface area contributed by atoms with Gasteiger partial charge >= 0.3 is 6.18 Å². The summed E-state index contributed by atoms with van der Waals surface area (Å²) in [5.41, 5.74) is 0.676. The Hall–Kier alpha value is -1.86. The largest absolute Gasteiger partial charge is 0.416 e. The van der Waals surface area contributed by atoms with Crippen molar-refractivity contribution in [1.82, 2.24) is 10.2 Å². The van der Waals surface area contributed by atoms with Gasteiger partial charge in [0.15, 0.2) is 0 Å². The van der Waals surface area contributed by atoms with E-state index in [9.17, 15) is 18.0 Å². The average molecular weight is 479 g/mol. The van der Waals surface area contributed by atoms with Gasteiger partial charge in [0, 0.05) is 44.3 Å². The van der Waals surface area contributed by atoms with Gasteiger partial charge < -0.3 is 15.0 Å². The van der Waals surface area contributed by atoms with Gasteiger partial charge in [-0.3, -0.25) is 4.79 Å². The van der Waals surface area contributed by atoms with E-state index in [1.165, 1.54) is 6.07 Å². The molecule has 2 aliphatic heterocycles. The number of allylic oxidation sites excluding steroid dienone is 1. The lowest BCUT2D eigenvalue weighted by molar-refractivity contribution is -0.141. The van der Waals surface area contributed by atoms with E-state index >= 15 is 0 Å².